The van der Waals surface area contributed by atoms with Gasteiger partial charge in [-0.15, -0.1) is 11.3 Å². The highest BCUT2D eigenvalue weighted by Gasteiger charge is 2.08. The molecule has 0 aliphatic heterocycles. The van der Waals surface area contributed by atoms with Crippen molar-refractivity contribution in [1.29, 1.82) is 0 Å². The molecule has 22 heavy (non-hydrogen) atoms. The van der Waals surface area contributed by atoms with E-state index in [-0.39, 0.29) is 5.56 Å². The second kappa shape index (κ2) is 5.50. The maximum absolute atomic E-state index is 12.5. The third-order valence-electron chi connectivity index (χ3n) is 3.83. The molecule has 0 spiro atoms. The Morgan fingerprint density at radius 1 is 1.14 bits per heavy atom. The minimum atomic E-state index is -0.124. The van der Waals surface area contributed by atoms with E-state index < -0.39 is 0 Å². The average molecular weight is 311 g/mol. The summed E-state index contributed by atoms with van der Waals surface area (Å²) in [5, 5.41) is 6.85. The summed E-state index contributed by atoms with van der Waals surface area (Å²) in [7, 11) is 0. The van der Waals surface area contributed by atoms with E-state index in [2.05, 4.69) is 36.1 Å². The molecule has 3 rings (SSSR count). The number of nitrogens with zero attached hydrogens (tertiary/aromatic N) is 3. The Kier molecular flexibility index (Phi) is 3.66. The van der Waals surface area contributed by atoms with Gasteiger partial charge in [0.15, 0.2) is 0 Å². The molecule has 2 heterocycles. The number of aromatic nitrogens is 2. The maximum Gasteiger partial charge on any atom is 0.282 e. The molecule has 0 aliphatic carbocycles. The number of aryl methyl sites for hydroxylation is 4. The van der Waals surface area contributed by atoms with E-state index >= 15 is 0 Å². The molecule has 0 fully saturated rings. The fourth-order valence-corrected chi connectivity index (χ4v) is 3.18. The fourth-order valence-electron chi connectivity index (χ4n) is 2.38. The zero-order chi connectivity index (χ0) is 15.9. The molecule has 0 bridgehead atoms. The third-order valence-corrected chi connectivity index (χ3v) is 4.64. The Morgan fingerprint density at radius 2 is 1.86 bits per heavy atom. The van der Waals surface area contributed by atoms with Gasteiger partial charge in [0.05, 0.1) is 11.6 Å². The standard InChI is InChI=1S/C17H17N3OS/c1-10-7-12(3)14(8-11(10)2)9-18-20-13(4)19-16-15(17(20)21)5-6-22-16/h5-9H,1-4H3/b18-9-. The normalized spacial score (nSPS) is 11.6. The van der Waals surface area contributed by atoms with Gasteiger partial charge in [-0.05, 0) is 67.5 Å². The minimum absolute atomic E-state index is 0.124. The lowest BCUT2D eigenvalue weighted by Crippen LogP contribution is -2.19. The molecule has 0 aliphatic rings. The van der Waals surface area contributed by atoms with Crippen molar-refractivity contribution in [3.63, 3.8) is 0 Å². The SMILES string of the molecule is Cc1cc(C)c(/C=N\n2c(C)nc3sccc3c2=O)cc1C. The predicted octanol–water partition coefficient (Wildman–Crippen LogP) is 3.57. The summed E-state index contributed by atoms with van der Waals surface area (Å²) in [5.74, 6) is 0.595. The molecule has 3 aromatic rings. The molecular weight excluding hydrogens is 294 g/mol. The van der Waals surface area contributed by atoms with Gasteiger partial charge in [-0.2, -0.15) is 9.78 Å². The molecule has 2 aromatic heterocycles. The van der Waals surface area contributed by atoms with Crippen LogP contribution in [0.2, 0.25) is 0 Å². The maximum atomic E-state index is 12.5. The summed E-state index contributed by atoms with van der Waals surface area (Å²) in [4.78, 5) is 17.6. The number of hydrogen-bond donors (Lipinski definition) is 0. The highest BCUT2D eigenvalue weighted by Crippen LogP contribution is 2.16. The van der Waals surface area contributed by atoms with Crippen LogP contribution in [0.25, 0.3) is 10.2 Å². The van der Waals surface area contributed by atoms with E-state index in [0.717, 1.165) is 16.0 Å². The van der Waals surface area contributed by atoms with Crippen molar-refractivity contribution < 1.29 is 0 Å². The van der Waals surface area contributed by atoms with E-state index in [0.29, 0.717) is 11.2 Å². The minimum Gasteiger partial charge on any atom is -0.267 e. The van der Waals surface area contributed by atoms with Gasteiger partial charge in [-0.25, -0.2) is 4.98 Å². The highest BCUT2D eigenvalue weighted by atomic mass is 32.1. The number of thiophene rings is 1. The first-order chi connectivity index (χ1) is 10.5. The van der Waals surface area contributed by atoms with E-state index in [1.807, 2.05) is 12.3 Å². The molecule has 0 saturated carbocycles. The van der Waals surface area contributed by atoms with Gasteiger partial charge in [0.2, 0.25) is 0 Å². The molecule has 0 radical (unpaired) electrons. The monoisotopic (exact) mass is 311 g/mol. The average Bonchev–Trinajstić information content (AvgIpc) is 2.92. The quantitative estimate of drug-likeness (QED) is 0.679. The lowest BCUT2D eigenvalue weighted by atomic mass is 10.0. The van der Waals surface area contributed by atoms with Gasteiger partial charge in [0.25, 0.3) is 5.56 Å². The van der Waals surface area contributed by atoms with E-state index in [1.54, 1.807) is 19.2 Å². The number of benzene rings is 1. The van der Waals surface area contributed by atoms with Crippen molar-refractivity contribution >= 4 is 27.8 Å². The van der Waals surface area contributed by atoms with E-state index in [4.69, 9.17) is 0 Å². The Balaban J connectivity index is 2.10. The molecule has 0 saturated heterocycles. The zero-order valence-electron chi connectivity index (χ0n) is 13.0. The van der Waals surface area contributed by atoms with Crippen LogP contribution in [0.1, 0.15) is 28.1 Å². The number of rotatable bonds is 2. The molecule has 5 heteroatoms. The van der Waals surface area contributed by atoms with Crippen molar-refractivity contribution in [2.24, 2.45) is 5.10 Å². The summed E-state index contributed by atoms with van der Waals surface area (Å²) < 4.78 is 1.36. The highest BCUT2D eigenvalue weighted by molar-refractivity contribution is 7.16. The molecule has 0 atom stereocenters. The van der Waals surface area contributed by atoms with Crippen LogP contribution < -0.4 is 5.56 Å². The summed E-state index contributed by atoms with van der Waals surface area (Å²) >= 11 is 1.47. The van der Waals surface area contributed by atoms with Crippen LogP contribution in [0.4, 0.5) is 0 Å². The summed E-state index contributed by atoms with van der Waals surface area (Å²) in [6, 6.07) is 6.01. The second-order valence-electron chi connectivity index (χ2n) is 5.45. The van der Waals surface area contributed by atoms with Gasteiger partial charge in [0.1, 0.15) is 10.7 Å². The Labute approximate surface area is 132 Å². The van der Waals surface area contributed by atoms with E-state index in [1.165, 1.54) is 27.1 Å². The van der Waals surface area contributed by atoms with Crippen LogP contribution >= 0.6 is 11.3 Å². The number of fused-ring (bicyclic) bond motifs is 1. The first kappa shape index (κ1) is 14.7. The van der Waals surface area contributed by atoms with Crippen LogP contribution in [0.3, 0.4) is 0 Å². The Bertz CT molecular complexity index is 950. The lowest BCUT2D eigenvalue weighted by molar-refractivity contribution is 0.772. The molecule has 0 N–H and O–H groups in total. The van der Waals surface area contributed by atoms with Crippen molar-refractivity contribution in [3.8, 4) is 0 Å². The summed E-state index contributed by atoms with van der Waals surface area (Å²) in [6.07, 6.45) is 1.73. The topological polar surface area (TPSA) is 47.2 Å². The van der Waals surface area contributed by atoms with Gasteiger partial charge in [0, 0.05) is 0 Å². The summed E-state index contributed by atoms with van der Waals surface area (Å²) in [6.45, 7) is 8.00. The first-order valence-electron chi connectivity index (χ1n) is 7.06. The summed E-state index contributed by atoms with van der Waals surface area (Å²) in [5.41, 5.74) is 4.50. The van der Waals surface area contributed by atoms with Crippen LogP contribution in [-0.2, 0) is 0 Å². The first-order valence-corrected chi connectivity index (χ1v) is 7.94. The van der Waals surface area contributed by atoms with Gasteiger partial charge >= 0.3 is 0 Å². The van der Waals surface area contributed by atoms with Crippen LogP contribution in [0.15, 0.2) is 33.5 Å². The molecule has 0 unspecified atom stereocenters. The van der Waals surface area contributed by atoms with Gasteiger partial charge < -0.3 is 0 Å². The van der Waals surface area contributed by atoms with Crippen LogP contribution in [0.5, 0.6) is 0 Å². The third kappa shape index (κ3) is 2.48. The van der Waals surface area contributed by atoms with Crippen molar-refractivity contribution in [3.05, 3.63) is 62.0 Å². The largest absolute Gasteiger partial charge is 0.282 e. The zero-order valence-corrected chi connectivity index (χ0v) is 13.9. The Morgan fingerprint density at radius 3 is 2.64 bits per heavy atom. The molecule has 112 valence electrons. The fraction of sp³-hybridized carbons (Fsp3) is 0.235. The molecule has 1 aromatic carbocycles. The predicted molar refractivity (Wildman–Crippen MR) is 92.3 cm³/mol. The molecular formula is C17H17N3OS. The molecule has 0 amide bonds. The van der Waals surface area contributed by atoms with Crippen molar-refractivity contribution in [2.45, 2.75) is 27.7 Å². The van der Waals surface area contributed by atoms with Crippen LogP contribution in [-0.4, -0.2) is 15.9 Å². The van der Waals surface area contributed by atoms with Crippen LogP contribution in [0, 0.1) is 27.7 Å². The van der Waals surface area contributed by atoms with Gasteiger partial charge in [-0.1, -0.05) is 6.07 Å². The number of hydrogen-bond acceptors (Lipinski definition) is 4. The lowest BCUT2D eigenvalue weighted by Gasteiger charge is -2.06. The second-order valence-corrected chi connectivity index (χ2v) is 6.35. The van der Waals surface area contributed by atoms with Gasteiger partial charge in [-0.3, -0.25) is 4.79 Å². The van der Waals surface area contributed by atoms with E-state index in [9.17, 15) is 4.79 Å². The molecule has 4 nitrogen and oxygen atoms in total. The van der Waals surface area contributed by atoms with Crippen molar-refractivity contribution in [1.82, 2.24) is 9.66 Å². The Hall–Kier alpha value is -2.27. The smallest absolute Gasteiger partial charge is 0.267 e. The van der Waals surface area contributed by atoms with Crippen molar-refractivity contribution in [2.75, 3.05) is 0 Å².